The Kier molecular flexibility index (Phi) is 7.88. The predicted octanol–water partition coefficient (Wildman–Crippen LogP) is 0.940. The first-order valence-corrected chi connectivity index (χ1v) is 6.93. The van der Waals surface area contributed by atoms with E-state index in [1.165, 1.54) is 20.3 Å². The van der Waals surface area contributed by atoms with Gasteiger partial charge in [0.15, 0.2) is 6.29 Å². The second-order valence-corrected chi connectivity index (χ2v) is 4.62. The van der Waals surface area contributed by atoms with Crippen LogP contribution in [0.3, 0.4) is 0 Å². The SMILES string of the molecule is COC(CNC(=O)C(C)NC(=O)/C=C\c1ccccc1)OC. The summed E-state index contributed by atoms with van der Waals surface area (Å²) in [5.41, 5.74) is 0.915. The molecule has 0 radical (unpaired) electrons. The van der Waals surface area contributed by atoms with E-state index in [0.29, 0.717) is 0 Å². The molecular formula is C16H22N2O4. The Hall–Kier alpha value is -2.18. The fourth-order valence-corrected chi connectivity index (χ4v) is 1.66. The zero-order valence-electron chi connectivity index (χ0n) is 13.0. The summed E-state index contributed by atoms with van der Waals surface area (Å²) >= 11 is 0. The average Bonchev–Trinajstić information content (AvgIpc) is 2.54. The van der Waals surface area contributed by atoms with Crippen molar-refractivity contribution in [2.45, 2.75) is 19.3 Å². The molecule has 0 aliphatic carbocycles. The monoisotopic (exact) mass is 306 g/mol. The molecule has 1 atom stereocenters. The van der Waals surface area contributed by atoms with Gasteiger partial charge < -0.3 is 20.1 Å². The van der Waals surface area contributed by atoms with Crippen LogP contribution in [0.15, 0.2) is 36.4 Å². The number of nitrogens with one attached hydrogen (secondary N) is 2. The van der Waals surface area contributed by atoms with Gasteiger partial charge in [0.2, 0.25) is 11.8 Å². The van der Waals surface area contributed by atoms with Crippen molar-refractivity contribution >= 4 is 17.9 Å². The number of carbonyl (C=O) groups excluding carboxylic acids is 2. The minimum absolute atomic E-state index is 0.214. The van der Waals surface area contributed by atoms with Crippen LogP contribution in [0.1, 0.15) is 12.5 Å². The highest BCUT2D eigenvalue weighted by Crippen LogP contribution is 2.00. The lowest BCUT2D eigenvalue weighted by atomic mass is 10.2. The van der Waals surface area contributed by atoms with E-state index in [2.05, 4.69) is 10.6 Å². The topological polar surface area (TPSA) is 76.7 Å². The van der Waals surface area contributed by atoms with E-state index >= 15 is 0 Å². The summed E-state index contributed by atoms with van der Waals surface area (Å²) in [4.78, 5) is 23.6. The van der Waals surface area contributed by atoms with Crippen molar-refractivity contribution in [3.63, 3.8) is 0 Å². The Morgan fingerprint density at radius 3 is 2.41 bits per heavy atom. The number of benzene rings is 1. The van der Waals surface area contributed by atoms with E-state index in [1.807, 2.05) is 30.3 Å². The van der Waals surface area contributed by atoms with Gasteiger partial charge in [-0.15, -0.1) is 0 Å². The highest BCUT2D eigenvalue weighted by atomic mass is 16.7. The molecule has 120 valence electrons. The van der Waals surface area contributed by atoms with Gasteiger partial charge in [-0.1, -0.05) is 30.3 Å². The van der Waals surface area contributed by atoms with E-state index in [9.17, 15) is 9.59 Å². The van der Waals surface area contributed by atoms with E-state index < -0.39 is 12.3 Å². The molecule has 0 spiro atoms. The van der Waals surface area contributed by atoms with Gasteiger partial charge in [0.1, 0.15) is 6.04 Å². The van der Waals surface area contributed by atoms with Gasteiger partial charge in [-0.3, -0.25) is 9.59 Å². The molecule has 0 fully saturated rings. The van der Waals surface area contributed by atoms with Gasteiger partial charge >= 0.3 is 0 Å². The largest absolute Gasteiger partial charge is 0.354 e. The van der Waals surface area contributed by atoms with Crippen molar-refractivity contribution in [2.24, 2.45) is 0 Å². The van der Waals surface area contributed by atoms with Crippen LogP contribution in [0.5, 0.6) is 0 Å². The smallest absolute Gasteiger partial charge is 0.244 e. The second kappa shape index (κ2) is 9.70. The molecule has 0 aliphatic rings. The molecular weight excluding hydrogens is 284 g/mol. The summed E-state index contributed by atoms with van der Waals surface area (Å²) in [6, 6.07) is 8.79. The van der Waals surface area contributed by atoms with Crippen LogP contribution in [0.25, 0.3) is 6.08 Å². The Morgan fingerprint density at radius 2 is 1.82 bits per heavy atom. The number of hydrogen-bond acceptors (Lipinski definition) is 4. The molecule has 0 aromatic heterocycles. The second-order valence-electron chi connectivity index (χ2n) is 4.62. The van der Waals surface area contributed by atoms with Crippen molar-refractivity contribution in [2.75, 3.05) is 20.8 Å². The third-order valence-electron chi connectivity index (χ3n) is 2.95. The normalized spacial score (nSPS) is 12.4. The van der Waals surface area contributed by atoms with Gasteiger partial charge in [-0.25, -0.2) is 0 Å². The van der Waals surface area contributed by atoms with Crippen LogP contribution < -0.4 is 10.6 Å². The lowest BCUT2D eigenvalue weighted by Gasteiger charge is -2.17. The van der Waals surface area contributed by atoms with E-state index in [-0.39, 0.29) is 18.4 Å². The van der Waals surface area contributed by atoms with Crippen molar-refractivity contribution in [3.05, 3.63) is 42.0 Å². The number of methoxy groups -OCH3 is 2. The first-order chi connectivity index (χ1) is 10.6. The maximum Gasteiger partial charge on any atom is 0.244 e. The fraction of sp³-hybridized carbons (Fsp3) is 0.375. The van der Waals surface area contributed by atoms with Crippen LogP contribution in [-0.2, 0) is 19.1 Å². The standard InChI is InChI=1S/C16H22N2O4/c1-12(16(20)17-11-15(21-2)22-3)18-14(19)10-9-13-7-5-4-6-8-13/h4-10,12,15H,11H2,1-3H3,(H,17,20)(H,18,19)/b10-9-. The maximum absolute atomic E-state index is 11.8. The first kappa shape index (κ1) is 17.9. The molecule has 1 aromatic rings. The molecule has 0 saturated carbocycles. The lowest BCUT2D eigenvalue weighted by molar-refractivity contribution is -0.131. The minimum Gasteiger partial charge on any atom is -0.354 e. The molecule has 6 heteroatoms. The van der Waals surface area contributed by atoms with Crippen LogP contribution >= 0.6 is 0 Å². The molecule has 0 bridgehead atoms. The van der Waals surface area contributed by atoms with Gasteiger partial charge in [-0.2, -0.15) is 0 Å². The molecule has 0 saturated heterocycles. The predicted molar refractivity (Wildman–Crippen MR) is 83.9 cm³/mol. The van der Waals surface area contributed by atoms with Gasteiger partial charge in [0.05, 0.1) is 6.54 Å². The van der Waals surface area contributed by atoms with Crippen molar-refractivity contribution in [3.8, 4) is 0 Å². The molecule has 2 amide bonds. The third-order valence-corrected chi connectivity index (χ3v) is 2.95. The zero-order chi connectivity index (χ0) is 16.4. The third kappa shape index (κ3) is 6.51. The van der Waals surface area contributed by atoms with Crippen molar-refractivity contribution in [1.29, 1.82) is 0 Å². The van der Waals surface area contributed by atoms with Crippen LogP contribution in [0.4, 0.5) is 0 Å². The first-order valence-electron chi connectivity index (χ1n) is 6.93. The van der Waals surface area contributed by atoms with Crippen molar-refractivity contribution in [1.82, 2.24) is 10.6 Å². The van der Waals surface area contributed by atoms with Crippen LogP contribution in [0.2, 0.25) is 0 Å². The molecule has 0 aliphatic heterocycles. The Bertz CT molecular complexity index is 498. The highest BCUT2D eigenvalue weighted by molar-refractivity contribution is 5.95. The lowest BCUT2D eigenvalue weighted by Crippen LogP contribution is -2.46. The van der Waals surface area contributed by atoms with Crippen molar-refractivity contribution < 1.29 is 19.1 Å². The summed E-state index contributed by atoms with van der Waals surface area (Å²) in [5, 5.41) is 5.23. The summed E-state index contributed by atoms with van der Waals surface area (Å²) in [5.74, 6) is -0.637. The van der Waals surface area contributed by atoms with Gasteiger partial charge in [0, 0.05) is 20.3 Å². The molecule has 22 heavy (non-hydrogen) atoms. The number of hydrogen-bond donors (Lipinski definition) is 2. The molecule has 1 unspecified atom stereocenters. The molecule has 1 aromatic carbocycles. The zero-order valence-corrected chi connectivity index (χ0v) is 13.0. The van der Waals surface area contributed by atoms with E-state index in [4.69, 9.17) is 9.47 Å². The molecule has 6 nitrogen and oxygen atoms in total. The number of ether oxygens (including phenoxy) is 2. The summed E-state index contributed by atoms with van der Waals surface area (Å²) < 4.78 is 9.93. The number of rotatable bonds is 8. The highest BCUT2D eigenvalue weighted by Gasteiger charge is 2.15. The number of carbonyl (C=O) groups is 2. The van der Waals surface area contributed by atoms with E-state index in [1.54, 1.807) is 13.0 Å². The van der Waals surface area contributed by atoms with Gasteiger partial charge in [0.25, 0.3) is 0 Å². The summed E-state index contributed by atoms with van der Waals surface area (Å²) in [6.07, 6.45) is 2.57. The maximum atomic E-state index is 11.8. The summed E-state index contributed by atoms with van der Waals surface area (Å²) in [6.45, 7) is 1.82. The molecule has 1 rings (SSSR count). The Labute approximate surface area is 130 Å². The number of amides is 2. The molecule has 0 heterocycles. The quantitative estimate of drug-likeness (QED) is 0.553. The van der Waals surface area contributed by atoms with E-state index in [0.717, 1.165) is 5.56 Å². The Morgan fingerprint density at radius 1 is 1.18 bits per heavy atom. The minimum atomic E-state index is -0.651. The Balaban J connectivity index is 2.40. The fourth-order valence-electron chi connectivity index (χ4n) is 1.66. The van der Waals surface area contributed by atoms with Gasteiger partial charge in [-0.05, 0) is 18.6 Å². The molecule has 2 N–H and O–H groups in total. The van der Waals surface area contributed by atoms with Crippen LogP contribution in [-0.4, -0.2) is 44.9 Å². The van der Waals surface area contributed by atoms with Crippen LogP contribution in [0, 0.1) is 0 Å². The average molecular weight is 306 g/mol. The summed E-state index contributed by atoms with van der Waals surface area (Å²) in [7, 11) is 2.97.